The van der Waals surface area contributed by atoms with Gasteiger partial charge in [0, 0.05) is 6.07 Å². The molecule has 0 spiro atoms. The van der Waals surface area contributed by atoms with E-state index < -0.39 is 30.1 Å². The third kappa shape index (κ3) is 3.21. The van der Waals surface area contributed by atoms with Gasteiger partial charge in [-0.1, -0.05) is 6.07 Å². The predicted molar refractivity (Wildman–Crippen MR) is 53.0 cm³/mol. The lowest BCUT2D eigenvalue weighted by Gasteiger charge is -2.07. The van der Waals surface area contributed by atoms with Crippen molar-refractivity contribution in [3.63, 3.8) is 0 Å². The number of aliphatic hydroxyl groups excluding tert-OH is 1. The first kappa shape index (κ1) is 11.9. The van der Waals surface area contributed by atoms with Gasteiger partial charge in [0.25, 0.3) is 5.91 Å². The largest absolute Gasteiger partial charge is 0.479 e. The third-order valence-corrected chi connectivity index (χ3v) is 1.75. The molecule has 16 heavy (non-hydrogen) atoms. The second kappa shape index (κ2) is 5.08. The molecule has 1 aromatic rings. The van der Waals surface area contributed by atoms with Gasteiger partial charge in [-0.25, -0.2) is 4.79 Å². The number of carbonyl (C=O) groups excluding carboxylic acids is 1. The molecule has 1 atom stereocenters. The number of rotatable bonds is 4. The number of hydrogen-bond donors (Lipinski definition) is 4. The standard InChI is InChI=1S/C9H10N2O5/c12-6(9(15)16)4-10-8(14)5-2-1-3-7(13)11-5/h1-3,6,12H,4H2,(H,10,14)(H,11,13)(H,15,16). The van der Waals surface area contributed by atoms with Crippen LogP contribution in [0.1, 0.15) is 10.5 Å². The topological polar surface area (TPSA) is 119 Å². The summed E-state index contributed by atoms with van der Waals surface area (Å²) in [5.74, 6) is -2.08. The maximum atomic E-state index is 11.3. The van der Waals surface area contributed by atoms with Crippen molar-refractivity contribution >= 4 is 11.9 Å². The van der Waals surface area contributed by atoms with Crippen LogP contribution in [-0.4, -0.2) is 39.7 Å². The van der Waals surface area contributed by atoms with Crippen LogP contribution in [0.25, 0.3) is 0 Å². The summed E-state index contributed by atoms with van der Waals surface area (Å²) in [7, 11) is 0. The van der Waals surface area contributed by atoms with Gasteiger partial charge in [-0.15, -0.1) is 0 Å². The Kier molecular flexibility index (Phi) is 3.78. The first-order valence-corrected chi connectivity index (χ1v) is 4.39. The summed E-state index contributed by atoms with van der Waals surface area (Å²) in [6.45, 7) is -0.426. The second-order valence-corrected chi connectivity index (χ2v) is 2.99. The van der Waals surface area contributed by atoms with Crippen molar-refractivity contribution in [2.24, 2.45) is 0 Å². The molecule has 0 aliphatic carbocycles. The number of aliphatic carboxylic acids is 1. The number of carboxylic acids is 1. The molecule has 1 rings (SSSR count). The molecule has 0 radical (unpaired) electrons. The van der Waals surface area contributed by atoms with Crippen molar-refractivity contribution < 1.29 is 19.8 Å². The highest BCUT2D eigenvalue weighted by Crippen LogP contribution is 1.90. The van der Waals surface area contributed by atoms with Crippen molar-refractivity contribution in [1.29, 1.82) is 0 Å². The van der Waals surface area contributed by atoms with Crippen LogP contribution >= 0.6 is 0 Å². The lowest BCUT2D eigenvalue weighted by atomic mass is 10.3. The van der Waals surface area contributed by atoms with Gasteiger partial charge in [-0.05, 0) is 6.07 Å². The highest BCUT2D eigenvalue weighted by atomic mass is 16.4. The number of H-pyrrole nitrogens is 1. The summed E-state index contributed by atoms with van der Waals surface area (Å²) < 4.78 is 0. The number of nitrogens with one attached hydrogen (secondary N) is 2. The Hall–Kier alpha value is -2.15. The molecule has 0 aliphatic heterocycles. The Morgan fingerprint density at radius 2 is 2.12 bits per heavy atom. The van der Waals surface area contributed by atoms with Crippen LogP contribution in [0.4, 0.5) is 0 Å². The zero-order valence-corrected chi connectivity index (χ0v) is 8.14. The van der Waals surface area contributed by atoms with E-state index in [0.717, 1.165) is 0 Å². The molecule has 0 bridgehead atoms. The van der Waals surface area contributed by atoms with Gasteiger partial charge in [-0.3, -0.25) is 9.59 Å². The lowest BCUT2D eigenvalue weighted by Crippen LogP contribution is -2.37. The number of pyridine rings is 1. The summed E-state index contributed by atoms with van der Waals surface area (Å²) >= 11 is 0. The lowest BCUT2D eigenvalue weighted by molar-refractivity contribution is -0.146. The Morgan fingerprint density at radius 1 is 1.44 bits per heavy atom. The Balaban J connectivity index is 2.60. The fourth-order valence-corrected chi connectivity index (χ4v) is 0.952. The highest BCUT2D eigenvalue weighted by molar-refractivity contribution is 5.92. The van der Waals surface area contributed by atoms with E-state index in [1.54, 1.807) is 0 Å². The molecular weight excluding hydrogens is 216 g/mol. The number of aromatic nitrogens is 1. The fourth-order valence-electron chi connectivity index (χ4n) is 0.952. The van der Waals surface area contributed by atoms with Gasteiger partial charge in [0.1, 0.15) is 5.69 Å². The molecule has 7 nitrogen and oxygen atoms in total. The Bertz CT molecular complexity index is 453. The van der Waals surface area contributed by atoms with Gasteiger partial charge in [0.15, 0.2) is 6.10 Å². The molecular formula is C9H10N2O5. The van der Waals surface area contributed by atoms with E-state index in [9.17, 15) is 14.4 Å². The quantitative estimate of drug-likeness (QED) is 0.500. The SMILES string of the molecule is O=C(NCC(O)C(=O)O)c1cccc(=O)[nH]1. The highest BCUT2D eigenvalue weighted by Gasteiger charge is 2.14. The molecule has 0 aliphatic rings. The van der Waals surface area contributed by atoms with Gasteiger partial charge >= 0.3 is 5.97 Å². The maximum Gasteiger partial charge on any atom is 0.334 e. The molecule has 1 heterocycles. The smallest absolute Gasteiger partial charge is 0.334 e. The van der Waals surface area contributed by atoms with E-state index in [4.69, 9.17) is 10.2 Å². The van der Waals surface area contributed by atoms with Crippen LogP contribution in [0.15, 0.2) is 23.0 Å². The molecule has 0 saturated carbocycles. The minimum Gasteiger partial charge on any atom is -0.479 e. The van der Waals surface area contributed by atoms with Crippen LogP contribution in [0.3, 0.4) is 0 Å². The number of carboxylic acid groups (broad SMARTS) is 1. The molecule has 1 unspecified atom stereocenters. The summed E-state index contributed by atoms with van der Waals surface area (Å²) in [6, 6.07) is 3.99. The summed E-state index contributed by atoms with van der Waals surface area (Å²) in [5.41, 5.74) is -0.434. The zero-order valence-electron chi connectivity index (χ0n) is 8.14. The Morgan fingerprint density at radius 3 is 2.69 bits per heavy atom. The first-order valence-electron chi connectivity index (χ1n) is 4.39. The van der Waals surface area contributed by atoms with E-state index in [-0.39, 0.29) is 5.69 Å². The van der Waals surface area contributed by atoms with Crippen molar-refractivity contribution in [1.82, 2.24) is 10.3 Å². The predicted octanol–water partition coefficient (Wildman–Crippen LogP) is -1.45. The normalized spacial score (nSPS) is 11.8. The summed E-state index contributed by atoms with van der Waals surface area (Å²) in [6.07, 6.45) is -1.67. The van der Waals surface area contributed by atoms with Crippen molar-refractivity contribution in [3.05, 3.63) is 34.2 Å². The minimum atomic E-state index is -1.67. The second-order valence-electron chi connectivity index (χ2n) is 2.99. The average molecular weight is 226 g/mol. The monoisotopic (exact) mass is 226 g/mol. The third-order valence-electron chi connectivity index (χ3n) is 1.75. The van der Waals surface area contributed by atoms with Gasteiger partial charge in [0.05, 0.1) is 6.54 Å². The van der Waals surface area contributed by atoms with Crippen molar-refractivity contribution in [2.75, 3.05) is 6.54 Å². The van der Waals surface area contributed by atoms with E-state index in [0.29, 0.717) is 0 Å². The average Bonchev–Trinajstić information content (AvgIpc) is 2.25. The van der Waals surface area contributed by atoms with Crippen LogP contribution in [0.5, 0.6) is 0 Å². The van der Waals surface area contributed by atoms with Gasteiger partial charge < -0.3 is 20.5 Å². The van der Waals surface area contributed by atoms with Crippen LogP contribution in [0.2, 0.25) is 0 Å². The van der Waals surface area contributed by atoms with E-state index in [2.05, 4.69) is 10.3 Å². The molecule has 4 N–H and O–H groups in total. The minimum absolute atomic E-state index is 0.00471. The number of carbonyl (C=O) groups is 2. The van der Waals surface area contributed by atoms with Crippen LogP contribution in [0, 0.1) is 0 Å². The Labute approximate surface area is 89.7 Å². The number of aliphatic hydroxyl groups is 1. The summed E-state index contributed by atoms with van der Waals surface area (Å²) in [5, 5.41) is 19.4. The van der Waals surface area contributed by atoms with Gasteiger partial charge in [-0.2, -0.15) is 0 Å². The molecule has 0 fully saturated rings. The van der Waals surface area contributed by atoms with E-state index in [1.165, 1.54) is 18.2 Å². The van der Waals surface area contributed by atoms with E-state index >= 15 is 0 Å². The number of amides is 1. The molecule has 0 aromatic carbocycles. The fraction of sp³-hybridized carbons (Fsp3) is 0.222. The van der Waals surface area contributed by atoms with Crippen molar-refractivity contribution in [3.8, 4) is 0 Å². The zero-order chi connectivity index (χ0) is 12.1. The number of hydrogen-bond acceptors (Lipinski definition) is 4. The maximum absolute atomic E-state index is 11.3. The molecule has 7 heteroatoms. The number of aromatic amines is 1. The molecule has 0 saturated heterocycles. The molecule has 86 valence electrons. The van der Waals surface area contributed by atoms with E-state index in [1.807, 2.05) is 0 Å². The van der Waals surface area contributed by atoms with Crippen LogP contribution in [-0.2, 0) is 4.79 Å². The van der Waals surface area contributed by atoms with Crippen molar-refractivity contribution in [2.45, 2.75) is 6.10 Å². The summed E-state index contributed by atoms with van der Waals surface area (Å²) in [4.78, 5) is 34.7. The molecule has 1 aromatic heterocycles. The first-order chi connectivity index (χ1) is 7.50. The van der Waals surface area contributed by atoms with Crippen LogP contribution < -0.4 is 10.9 Å². The molecule has 1 amide bonds. The van der Waals surface area contributed by atoms with Gasteiger partial charge in [0.2, 0.25) is 5.56 Å².